The fraction of sp³-hybridized carbons (Fsp3) is 0.786. The van der Waals surface area contributed by atoms with Crippen molar-refractivity contribution in [1.29, 1.82) is 0 Å². The van der Waals surface area contributed by atoms with Crippen LogP contribution < -0.4 is 10.6 Å². The molecule has 0 radical (unpaired) electrons. The third kappa shape index (κ3) is 4.42. The van der Waals surface area contributed by atoms with E-state index < -0.39 is 12.0 Å². The molecule has 118 valence electrons. The number of hydrogen-bond acceptors (Lipinski definition) is 4. The van der Waals surface area contributed by atoms with Gasteiger partial charge >= 0.3 is 5.97 Å². The molecule has 7 heteroatoms. The van der Waals surface area contributed by atoms with Crippen molar-refractivity contribution in [3.8, 4) is 0 Å². The maximum Gasteiger partial charge on any atom is 0.305 e. The summed E-state index contributed by atoms with van der Waals surface area (Å²) < 4.78 is 0. The minimum atomic E-state index is -1.06. The Hall–Kier alpha value is -1.63. The SMILES string of the molecule is O=C(O)CC1C(=O)NCCN1C(=O)CCC1CCNCC1. The molecule has 1 unspecified atom stereocenters. The van der Waals surface area contributed by atoms with E-state index in [2.05, 4.69) is 10.6 Å². The Kier molecular flexibility index (Phi) is 5.55. The first kappa shape index (κ1) is 15.8. The van der Waals surface area contributed by atoms with Gasteiger partial charge in [-0.3, -0.25) is 14.4 Å². The van der Waals surface area contributed by atoms with E-state index in [1.54, 1.807) is 0 Å². The second-order valence-corrected chi connectivity index (χ2v) is 5.72. The first-order chi connectivity index (χ1) is 10.1. The fourth-order valence-electron chi connectivity index (χ4n) is 3.02. The minimum absolute atomic E-state index is 0.102. The van der Waals surface area contributed by atoms with Gasteiger partial charge in [0, 0.05) is 19.5 Å². The van der Waals surface area contributed by atoms with Gasteiger partial charge in [0.2, 0.25) is 11.8 Å². The lowest BCUT2D eigenvalue weighted by molar-refractivity contribution is -0.148. The fourth-order valence-corrected chi connectivity index (χ4v) is 3.02. The Morgan fingerprint density at radius 3 is 2.62 bits per heavy atom. The summed E-state index contributed by atoms with van der Waals surface area (Å²) in [4.78, 5) is 36.4. The van der Waals surface area contributed by atoms with Crippen LogP contribution in [0.2, 0.25) is 0 Å². The van der Waals surface area contributed by atoms with Crippen molar-refractivity contribution in [2.45, 2.75) is 38.1 Å². The second kappa shape index (κ2) is 7.40. The molecule has 2 aliphatic heterocycles. The second-order valence-electron chi connectivity index (χ2n) is 5.72. The van der Waals surface area contributed by atoms with Gasteiger partial charge in [-0.1, -0.05) is 0 Å². The molecule has 0 bridgehead atoms. The van der Waals surface area contributed by atoms with Crippen molar-refractivity contribution in [3.05, 3.63) is 0 Å². The van der Waals surface area contributed by atoms with Gasteiger partial charge in [0.05, 0.1) is 6.42 Å². The predicted molar refractivity (Wildman–Crippen MR) is 75.6 cm³/mol. The molecule has 2 fully saturated rings. The number of carboxylic acid groups (broad SMARTS) is 1. The number of rotatable bonds is 5. The van der Waals surface area contributed by atoms with Gasteiger partial charge in [-0.2, -0.15) is 0 Å². The van der Waals surface area contributed by atoms with Gasteiger partial charge < -0.3 is 20.6 Å². The summed E-state index contributed by atoms with van der Waals surface area (Å²) in [5.41, 5.74) is 0. The highest BCUT2D eigenvalue weighted by molar-refractivity contribution is 5.91. The highest BCUT2D eigenvalue weighted by atomic mass is 16.4. The molecule has 0 aliphatic carbocycles. The predicted octanol–water partition coefficient (Wildman–Crippen LogP) is -0.432. The van der Waals surface area contributed by atoms with E-state index in [1.165, 1.54) is 4.90 Å². The third-order valence-corrected chi connectivity index (χ3v) is 4.24. The number of piperazine rings is 1. The van der Waals surface area contributed by atoms with E-state index in [9.17, 15) is 14.4 Å². The zero-order valence-electron chi connectivity index (χ0n) is 12.1. The Balaban J connectivity index is 1.88. The van der Waals surface area contributed by atoms with Crippen molar-refractivity contribution in [2.75, 3.05) is 26.2 Å². The third-order valence-electron chi connectivity index (χ3n) is 4.24. The highest BCUT2D eigenvalue weighted by Crippen LogP contribution is 2.19. The molecule has 2 amide bonds. The van der Waals surface area contributed by atoms with Crippen LogP contribution in [-0.4, -0.2) is 60.0 Å². The number of carbonyl (C=O) groups excluding carboxylic acids is 2. The molecule has 7 nitrogen and oxygen atoms in total. The molecule has 0 aromatic rings. The number of nitrogens with one attached hydrogen (secondary N) is 2. The van der Waals surface area contributed by atoms with Crippen LogP contribution in [0.5, 0.6) is 0 Å². The lowest BCUT2D eigenvalue weighted by Crippen LogP contribution is -2.57. The molecule has 2 saturated heterocycles. The first-order valence-electron chi connectivity index (χ1n) is 7.57. The van der Waals surface area contributed by atoms with Crippen LogP contribution in [-0.2, 0) is 14.4 Å². The molecule has 0 spiro atoms. The summed E-state index contributed by atoms with van der Waals surface area (Å²) in [6.45, 7) is 2.78. The largest absolute Gasteiger partial charge is 0.481 e. The quantitative estimate of drug-likeness (QED) is 0.639. The van der Waals surface area contributed by atoms with Crippen LogP contribution in [0.3, 0.4) is 0 Å². The normalized spacial score (nSPS) is 23.7. The molecule has 2 rings (SSSR count). The van der Waals surface area contributed by atoms with E-state index >= 15 is 0 Å². The Morgan fingerprint density at radius 1 is 1.24 bits per heavy atom. The average Bonchev–Trinajstić information content (AvgIpc) is 2.47. The van der Waals surface area contributed by atoms with Gasteiger partial charge in [-0.25, -0.2) is 0 Å². The van der Waals surface area contributed by atoms with Crippen LogP contribution in [0, 0.1) is 5.92 Å². The standard InChI is InChI=1S/C14H23N3O4/c18-12(2-1-10-3-5-15-6-4-10)17-8-7-16-14(21)11(17)9-13(19)20/h10-11,15H,1-9H2,(H,16,21)(H,19,20). The van der Waals surface area contributed by atoms with Gasteiger partial charge in [-0.15, -0.1) is 0 Å². The average molecular weight is 297 g/mol. The van der Waals surface area contributed by atoms with E-state index in [0.717, 1.165) is 32.4 Å². The van der Waals surface area contributed by atoms with Crippen molar-refractivity contribution in [3.63, 3.8) is 0 Å². The summed E-state index contributed by atoms with van der Waals surface area (Å²) in [6.07, 6.45) is 3.04. The summed E-state index contributed by atoms with van der Waals surface area (Å²) in [5.74, 6) is -0.978. The van der Waals surface area contributed by atoms with E-state index in [4.69, 9.17) is 5.11 Å². The van der Waals surface area contributed by atoms with Crippen molar-refractivity contribution >= 4 is 17.8 Å². The smallest absolute Gasteiger partial charge is 0.305 e. The topological polar surface area (TPSA) is 98.7 Å². The number of carboxylic acids is 1. The van der Waals surface area contributed by atoms with Gasteiger partial charge in [-0.05, 0) is 38.3 Å². The van der Waals surface area contributed by atoms with Crippen molar-refractivity contribution in [1.82, 2.24) is 15.5 Å². The Morgan fingerprint density at radius 2 is 1.95 bits per heavy atom. The summed E-state index contributed by atoms with van der Waals surface area (Å²) in [5, 5.41) is 14.8. The number of hydrogen-bond donors (Lipinski definition) is 3. The Labute approximate surface area is 124 Å². The molecule has 21 heavy (non-hydrogen) atoms. The van der Waals surface area contributed by atoms with Crippen LogP contribution in [0.25, 0.3) is 0 Å². The molecule has 1 atom stereocenters. The zero-order valence-corrected chi connectivity index (χ0v) is 12.1. The molecule has 0 aromatic heterocycles. The van der Waals surface area contributed by atoms with Gasteiger partial charge in [0.1, 0.15) is 6.04 Å². The monoisotopic (exact) mass is 297 g/mol. The van der Waals surface area contributed by atoms with Crippen LogP contribution in [0.1, 0.15) is 32.1 Å². The first-order valence-corrected chi connectivity index (χ1v) is 7.57. The molecular weight excluding hydrogens is 274 g/mol. The van der Waals surface area contributed by atoms with E-state index in [1.807, 2.05) is 0 Å². The lowest BCUT2D eigenvalue weighted by atomic mass is 9.92. The van der Waals surface area contributed by atoms with Crippen LogP contribution >= 0.6 is 0 Å². The van der Waals surface area contributed by atoms with E-state index in [0.29, 0.717) is 25.4 Å². The van der Waals surface area contributed by atoms with E-state index in [-0.39, 0.29) is 18.2 Å². The minimum Gasteiger partial charge on any atom is -0.481 e. The van der Waals surface area contributed by atoms with Gasteiger partial charge in [0.25, 0.3) is 0 Å². The number of aliphatic carboxylic acids is 1. The summed E-state index contributed by atoms with van der Waals surface area (Å²) >= 11 is 0. The number of piperidine rings is 1. The van der Waals surface area contributed by atoms with Crippen molar-refractivity contribution in [2.24, 2.45) is 5.92 Å². The molecule has 2 aliphatic rings. The molecule has 2 heterocycles. The van der Waals surface area contributed by atoms with Gasteiger partial charge in [0.15, 0.2) is 0 Å². The summed E-state index contributed by atoms with van der Waals surface area (Å²) in [6, 6.07) is -0.864. The highest BCUT2D eigenvalue weighted by Gasteiger charge is 2.34. The molecular formula is C14H23N3O4. The Bertz CT molecular complexity index is 407. The van der Waals surface area contributed by atoms with Crippen molar-refractivity contribution < 1.29 is 19.5 Å². The number of nitrogens with zero attached hydrogens (tertiary/aromatic N) is 1. The summed E-state index contributed by atoms with van der Waals surface area (Å²) in [7, 11) is 0. The maximum absolute atomic E-state index is 12.3. The zero-order chi connectivity index (χ0) is 15.2. The maximum atomic E-state index is 12.3. The molecule has 0 aromatic carbocycles. The number of carbonyl (C=O) groups is 3. The van der Waals surface area contributed by atoms with Crippen LogP contribution in [0.4, 0.5) is 0 Å². The molecule has 3 N–H and O–H groups in total. The van der Waals surface area contributed by atoms with Crippen LogP contribution in [0.15, 0.2) is 0 Å². The lowest BCUT2D eigenvalue weighted by Gasteiger charge is -2.34. The number of amides is 2. The molecule has 0 saturated carbocycles.